The third-order valence-electron chi connectivity index (χ3n) is 3.77. The molecule has 0 bridgehead atoms. The summed E-state index contributed by atoms with van der Waals surface area (Å²) in [4.78, 5) is 4.24. The SMILES string of the molecule is CC(C)CN(C1CCCC1)S(=O)(=O)c1ccc(NN)nc1. The van der Waals surface area contributed by atoms with E-state index in [4.69, 9.17) is 5.84 Å². The van der Waals surface area contributed by atoms with Gasteiger partial charge in [-0.05, 0) is 30.9 Å². The van der Waals surface area contributed by atoms with Gasteiger partial charge in [0, 0.05) is 18.8 Å². The van der Waals surface area contributed by atoms with Crippen LogP contribution in [0, 0.1) is 5.92 Å². The van der Waals surface area contributed by atoms with Crippen LogP contribution in [0.15, 0.2) is 23.2 Å². The highest BCUT2D eigenvalue weighted by atomic mass is 32.2. The second-order valence-corrected chi connectivity index (χ2v) is 7.82. The van der Waals surface area contributed by atoms with E-state index in [-0.39, 0.29) is 10.9 Å². The Morgan fingerprint density at radius 1 is 1.38 bits per heavy atom. The van der Waals surface area contributed by atoms with Crippen LogP contribution in [0.5, 0.6) is 0 Å². The molecule has 21 heavy (non-hydrogen) atoms. The molecule has 0 atom stereocenters. The summed E-state index contributed by atoms with van der Waals surface area (Å²) >= 11 is 0. The molecule has 3 N–H and O–H groups in total. The van der Waals surface area contributed by atoms with E-state index in [0.717, 1.165) is 25.7 Å². The van der Waals surface area contributed by atoms with Gasteiger partial charge >= 0.3 is 0 Å². The average Bonchev–Trinajstić information content (AvgIpc) is 2.98. The van der Waals surface area contributed by atoms with Gasteiger partial charge in [0.15, 0.2) is 0 Å². The molecule has 1 aromatic heterocycles. The summed E-state index contributed by atoms with van der Waals surface area (Å²) in [6.45, 7) is 4.62. The van der Waals surface area contributed by atoms with E-state index in [2.05, 4.69) is 10.4 Å². The Balaban J connectivity index is 2.30. The molecule has 118 valence electrons. The number of rotatable bonds is 6. The third kappa shape index (κ3) is 3.72. The van der Waals surface area contributed by atoms with E-state index in [0.29, 0.717) is 18.3 Å². The Labute approximate surface area is 126 Å². The zero-order chi connectivity index (χ0) is 15.5. The summed E-state index contributed by atoms with van der Waals surface area (Å²) in [7, 11) is -3.50. The van der Waals surface area contributed by atoms with Crippen molar-refractivity contribution in [2.45, 2.75) is 50.5 Å². The number of nitrogens with two attached hydrogens (primary N) is 1. The molecule has 0 radical (unpaired) electrons. The quantitative estimate of drug-likeness (QED) is 0.619. The molecule has 0 aromatic carbocycles. The number of pyridine rings is 1. The molecule has 0 saturated heterocycles. The van der Waals surface area contributed by atoms with Crippen molar-refractivity contribution in [3.63, 3.8) is 0 Å². The summed E-state index contributed by atoms with van der Waals surface area (Å²) in [5, 5.41) is 0. The molecule has 1 saturated carbocycles. The Kier molecular flexibility index (Phi) is 5.18. The molecule has 1 heterocycles. The molecule has 2 rings (SSSR count). The van der Waals surface area contributed by atoms with Crippen molar-refractivity contribution in [2.24, 2.45) is 11.8 Å². The number of hydrazine groups is 1. The largest absolute Gasteiger partial charge is 0.308 e. The van der Waals surface area contributed by atoms with E-state index in [9.17, 15) is 8.42 Å². The molecule has 0 amide bonds. The predicted octanol–water partition coefficient (Wildman–Crippen LogP) is 1.96. The van der Waals surface area contributed by atoms with Crippen molar-refractivity contribution < 1.29 is 8.42 Å². The van der Waals surface area contributed by atoms with Crippen LogP contribution < -0.4 is 11.3 Å². The van der Waals surface area contributed by atoms with Gasteiger partial charge in [-0.1, -0.05) is 26.7 Å². The molecular formula is C14H24N4O2S. The second kappa shape index (κ2) is 6.72. The lowest BCUT2D eigenvalue weighted by atomic mass is 10.2. The fourth-order valence-electron chi connectivity index (χ4n) is 2.75. The van der Waals surface area contributed by atoms with E-state index < -0.39 is 10.0 Å². The van der Waals surface area contributed by atoms with Crippen molar-refractivity contribution in [3.05, 3.63) is 18.3 Å². The molecule has 1 fully saturated rings. The van der Waals surface area contributed by atoms with Crippen LogP contribution in [0.25, 0.3) is 0 Å². The lowest BCUT2D eigenvalue weighted by molar-refractivity contribution is 0.292. The molecular weight excluding hydrogens is 288 g/mol. The van der Waals surface area contributed by atoms with Crippen LogP contribution in [-0.2, 0) is 10.0 Å². The van der Waals surface area contributed by atoms with Crippen LogP contribution in [0.2, 0.25) is 0 Å². The van der Waals surface area contributed by atoms with E-state index >= 15 is 0 Å². The van der Waals surface area contributed by atoms with Crippen molar-refractivity contribution in [1.82, 2.24) is 9.29 Å². The van der Waals surface area contributed by atoms with Gasteiger partial charge in [-0.2, -0.15) is 4.31 Å². The van der Waals surface area contributed by atoms with Gasteiger partial charge in [-0.3, -0.25) is 0 Å². The van der Waals surface area contributed by atoms with Crippen LogP contribution >= 0.6 is 0 Å². The van der Waals surface area contributed by atoms with Gasteiger partial charge in [0.05, 0.1) is 0 Å². The molecule has 6 nitrogen and oxygen atoms in total. The summed E-state index contributed by atoms with van der Waals surface area (Å²) in [5.41, 5.74) is 2.40. The maximum Gasteiger partial charge on any atom is 0.244 e. The predicted molar refractivity (Wildman–Crippen MR) is 83.0 cm³/mol. The van der Waals surface area contributed by atoms with E-state index in [1.54, 1.807) is 16.4 Å². The molecule has 0 spiro atoms. The zero-order valence-corrected chi connectivity index (χ0v) is 13.4. The molecule has 1 aliphatic carbocycles. The van der Waals surface area contributed by atoms with Gasteiger partial charge in [0.2, 0.25) is 10.0 Å². The van der Waals surface area contributed by atoms with Crippen LogP contribution in [0.4, 0.5) is 5.82 Å². The highest BCUT2D eigenvalue weighted by molar-refractivity contribution is 7.89. The first kappa shape index (κ1) is 16.2. The van der Waals surface area contributed by atoms with E-state index in [1.807, 2.05) is 13.8 Å². The highest BCUT2D eigenvalue weighted by Crippen LogP contribution is 2.29. The van der Waals surface area contributed by atoms with Gasteiger partial charge in [-0.25, -0.2) is 19.2 Å². The van der Waals surface area contributed by atoms with Crippen LogP contribution in [0.1, 0.15) is 39.5 Å². The summed E-state index contributed by atoms with van der Waals surface area (Å²) in [6.07, 6.45) is 5.46. The molecule has 0 unspecified atom stereocenters. The molecule has 0 aliphatic heterocycles. The summed E-state index contributed by atoms with van der Waals surface area (Å²) in [6, 6.07) is 3.25. The number of sulfonamides is 1. The maximum absolute atomic E-state index is 12.9. The first-order chi connectivity index (χ1) is 9.95. The minimum absolute atomic E-state index is 0.115. The number of nitrogens with one attached hydrogen (secondary N) is 1. The number of anilines is 1. The van der Waals surface area contributed by atoms with Crippen molar-refractivity contribution >= 4 is 15.8 Å². The fourth-order valence-corrected chi connectivity index (χ4v) is 4.54. The first-order valence-corrected chi connectivity index (χ1v) is 8.83. The summed E-state index contributed by atoms with van der Waals surface area (Å²) in [5.74, 6) is 6.00. The molecule has 7 heteroatoms. The number of nitrogen functional groups attached to an aromatic ring is 1. The van der Waals surface area contributed by atoms with E-state index in [1.165, 1.54) is 6.20 Å². The average molecular weight is 312 g/mol. The lowest BCUT2D eigenvalue weighted by Gasteiger charge is -2.29. The fraction of sp³-hybridized carbons (Fsp3) is 0.643. The summed E-state index contributed by atoms with van der Waals surface area (Å²) < 4.78 is 27.4. The van der Waals surface area contributed by atoms with Gasteiger partial charge < -0.3 is 5.43 Å². The second-order valence-electron chi connectivity index (χ2n) is 5.93. The number of hydrogen-bond donors (Lipinski definition) is 2. The highest BCUT2D eigenvalue weighted by Gasteiger charge is 2.33. The Bertz CT molecular complexity index is 551. The van der Waals surface area contributed by atoms with Gasteiger partial charge in [-0.15, -0.1) is 0 Å². The normalized spacial score (nSPS) is 16.8. The van der Waals surface area contributed by atoms with Gasteiger partial charge in [0.1, 0.15) is 10.7 Å². The van der Waals surface area contributed by atoms with Crippen molar-refractivity contribution in [2.75, 3.05) is 12.0 Å². The number of aromatic nitrogens is 1. The molecule has 1 aromatic rings. The third-order valence-corrected chi connectivity index (χ3v) is 5.67. The maximum atomic E-state index is 12.9. The topological polar surface area (TPSA) is 88.3 Å². The van der Waals surface area contributed by atoms with Gasteiger partial charge in [0.25, 0.3) is 0 Å². The zero-order valence-electron chi connectivity index (χ0n) is 12.6. The number of nitrogens with zero attached hydrogens (tertiary/aromatic N) is 2. The molecule has 1 aliphatic rings. The number of hydrogen-bond acceptors (Lipinski definition) is 5. The van der Waals surface area contributed by atoms with Crippen LogP contribution in [-0.4, -0.2) is 30.3 Å². The Morgan fingerprint density at radius 3 is 2.52 bits per heavy atom. The van der Waals surface area contributed by atoms with Crippen molar-refractivity contribution in [1.29, 1.82) is 0 Å². The van der Waals surface area contributed by atoms with Crippen molar-refractivity contribution in [3.8, 4) is 0 Å². The van der Waals surface area contributed by atoms with Crippen LogP contribution in [0.3, 0.4) is 0 Å². The minimum Gasteiger partial charge on any atom is -0.308 e. The standard InChI is InChI=1S/C14H24N4O2S/c1-11(2)10-18(12-5-3-4-6-12)21(19,20)13-7-8-14(17-15)16-9-13/h7-9,11-12H,3-6,10,15H2,1-2H3,(H,16,17). The Hall–Kier alpha value is -1.18. The Morgan fingerprint density at radius 2 is 2.05 bits per heavy atom. The first-order valence-electron chi connectivity index (χ1n) is 7.39. The minimum atomic E-state index is -3.50. The lowest BCUT2D eigenvalue weighted by Crippen LogP contribution is -2.41. The smallest absolute Gasteiger partial charge is 0.244 e. The monoisotopic (exact) mass is 312 g/mol.